The molecule has 0 aliphatic carbocycles. The van der Waals surface area contributed by atoms with Gasteiger partial charge in [-0.3, -0.25) is 4.79 Å². The summed E-state index contributed by atoms with van der Waals surface area (Å²) in [5.41, 5.74) is 1.03. The van der Waals surface area contributed by atoms with Crippen LogP contribution in [0.4, 0.5) is 0 Å². The largest absolute Gasteiger partial charge is 0.480 e. The number of rotatable bonds is 5. The summed E-state index contributed by atoms with van der Waals surface area (Å²) in [4.78, 5) is 25.1. The Hall–Kier alpha value is -1.55. The van der Waals surface area contributed by atoms with Crippen molar-refractivity contribution in [1.82, 2.24) is 4.90 Å². The lowest BCUT2D eigenvalue weighted by molar-refractivity contribution is -0.149. The summed E-state index contributed by atoms with van der Waals surface area (Å²) in [6.07, 6.45) is 0.845. The number of hydrogen-bond acceptors (Lipinski definition) is 2. The molecule has 1 N–H and O–H groups in total. The van der Waals surface area contributed by atoms with Crippen LogP contribution in [0.1, 0.15) is 38.2 Å². The molecule has 114 valence electrons. The SMILES string of the molecule is CC(C)CC(C(=O)O)N1CC(c2ccc(Cl)cc2)CC1=O. The van der Waals surface area contributed by atoms with Crippen LogP contribution in [0.2, 0.25) is 5.02 Å². The molecular formula is C16H20ClNO3. The highest BCUT2D eigenvalue weighted by Crippen LogP contribution is 2.31. The third-order valence-corrected chi connectivity index (χ3v) is 4.11. The van der Waals surface area contributed by atoms with Crippen LogP contribution in [0.5, 0.6) is 0 Å². The molecule has 0 aromatic heterocycles. The third-order valence-electron chi connectivity index (χ3n) is 3.86. The Morgan fingerprint density at radius 3 is 2.52 bits per heavy atom. The summed E-state index contributed by atoms with van der Waals surface area (Å²) < 4.78 is 0. The second-order valence-electron chi connectivity index (χ2n) is 5.98. The first-order valence-corrected chi connectivity index (χ1v) is 7.54. The highest BCUT2D eigenvalue weighted by Gasteiger charge is 2.38. The van der Waals surface area contributed by atoms with Gasteiger partial charge in [0.05, 0.1) is 0 Å². The van der Waals surface area contributed by atoms with E-state index in [1.54, 1.807) is 12.1 Å². The standard InChI is InChI=1S/C16H20ClNO3/c1-10(2)7-14(16(20)21)18-9-12(8-15(18)19)11-3-5-13(17)6-4-11/h3-6,10,12,14H,7-9H2,1-2H3,(H,20,21). The molecule has 1 heterocycles. The summed E-state index contributed by atoms with van der Waals surface area (Å²) in [7, 11) is 0. The number of carboxylic acids is 1. The molecular weight excluding hydrogens is 290 g/mol. The molecule has 0 spiro atoms. The fourth-order valence-electron chi connectivity index (χ4n) is 2.80. The number of halogens is 1. The first-order chi connectivity index (χ1) is 9.88. The van der Waals surface area contributed by atoms with Gasteiger partial charge in [0.25, 0.3) is 0 Å². The number of benzene rings is 1. The minimum atomic E-state index is -0.922. The number of carboxylic acid groups (broad SMARTS) is 1. The fraction of sp³-hybridized carbons (Fsp3) is 0.500. The molecule has 2 rings (SSSR count). The normalized spacial score (nSPS) is 20.1. The topological polar surface area (TPSA) is 57.6 Å². The smallest absolute Gasteiger partial charge is 0.326 e. The van der Waals surface area contributed by atoms with Gasteiger partial charge in [-0.2, -0.15) is 0 Å². The molecule has 1 saturated heterocycles. The minimum Gasteiger partial charge on any atom is -0.480 e. The van der Waals surface area contributed by atoms with Crippen molar-refractivity contribution in [2.24, 2.45) is 5.92 Å². The maximum absolute atomic E-state index is 12.2. The number of likely N-dealkylation sites (tertiary alicyclic amines) is 1. The van der Waals surface area contributed by atoms with Crippen LogP contribution in [0.25, 0.3) is 0 Å². The summed E-state index contributed by atoms with van der Waals surface area (Å²) >= 11 is 5.87. The van der Waals surface area contributed by atoms with Gasteiger partial charge in [-0.15, -0.1) is 0 Å². The summed E-state index contributed by atoms with van der Waals surface area (Å²) in [5.74, 6) is -0.728. The van der Waals surface area contributed by atoms with Crippen molar-refractivity contribution in [3.8, 4) is 0 Å². The number of aliphatic carboxylic acids is 1. The third kappa shape index (κ3) is 3.76. The first kappa shape index (κ1) is 15.8. The molecule has 2 atom stereocenters. The van der Waals surface area contributed by atoms with Gasteiger partial charge >= 0.3 is 5.97 Å². The van der Waals surface area contributed by atoms with Crippen molar-refractivity contribution in [3.63, 3.8) is 0 Å². The van der Waals surface area contributed by atoms with Gasteiger partial charge < -0.3 is 10.0 Å². The van der Waals surface area contributed by atoms with E-state index >= 15 is 0 Å². The van der Waals surface area contributed by atoms with Gasteiger partial charge in [0.1, 0.15) is 6.04 Å². The van der Waals surface area contributed by atoms with E-state index in [-0.39, 0.29) is 17.7 Å². The quantitative estimate of drug-likeness (QED) is 0.909. The highest BCUT2D eigenvalue weighted by atomic mass is 35.5. The first-order valence-electron chi connectivity index (χ1n) is 7.16. The van der Waals surface area contributed by atoms with Crippen LogP contribution in [-0.2, 0) is 9.59 Å². The Balaban J connectivity index is 2.14. The molecule has 1 fully saturated rings. The van der Waals surface area contributed by atoms with Crippen molar-refractivity contribution in [3.05, 3.63) is 34.9 Å². The maximum Gasteiger partial charge on any atom is 0.326 e. The predicted octanol–water partition coefficient (Wildman–Crippen LogP) is 3.16. The Morgan fingerprint density at radius 1 is 1.38 bits per heavy atom. The Labute approximate surface area is 129 Å². The zero-order valence-electron chi connectivity index (χ0n) is 12.3. The van der Waals surface area contributed by atoms with E-state index in [4.69, 9.17) is 11.6 Å². The number of hydrogen-bond donors (Lipinski definition) is 1. The van der Waals surface area contributed by atoms with Crippen molar-refractivity contribution < 1.29 is 14.7 Å². The van der Waals surface area contributed by atoms with Gasteiger partial charge in [-0.1, -0.05) is 37.6 Å². The van der Waals surface area contributed by atoms with E-state index in [9.17, 15) is 14.7 Å². The zero-order chi connectivity index (χ0) is 15.6. The predicted molar refractivity (Wildman–Crippen MR) is 81.4 cm³/mol. The zero-order valence-corrected chi connectivity index (χ0v) is 13.0. The lowest BCUT2D eigenvalue weighted by Gasteiger charge is -2.26. The lowest BCUT2D eigenvalue weighted by Crippen LogP contribution is -2.43. The van der Waals surface area contributed by atoms with Gasteiger partial charge in [-0.25, -0.2) is 4.79 Å². The summed E-state index contributed by atoms with van der Waals surface area (Å²) in [6, 6.07) is 6.68. The molecule has 1 aliphatic heterocycles. The molecule has 1 aliphatic rings. The van der Waals surface area contributed by atoms with Crippen molar-refractivity contribution >= 4 is 23.5 Å². The van der Waals surface area contributed by atoms with E-state index in [2.05, 4.69) is 0 Å². The minimum absolute atomic E-state index is 0.0452. The molecule has 0 radical (unpaired) electrons. The van der Waals surface area contributed by atoms with Crippen molar-refractivity contribution in [2.75, 3.05) is 6.54 Å². The Morgan fingerprint density at radius 2 is 2.00 bits per heavy atom. The molecule has 0 saturated carbocycles. The summed E-state index contributed by atoms with van der Waals surface area (Å²) in [6.45, 7) is 4.39. The molecule has 1 amide bonds. The van der Waals surface area contributed by atoms with Crippen LogP contribution >= 0.6 is 11.6 Å². The molecule has 2 unspecified atom stereocenters. The second kappa shape index (κ2) is 6.48. The highest BCUT2D eigenvalue weighted by molar-refractivity contribution is 6.30. The van der Waals surface area contributed by atoms with Gasteiger partial charge in [0.2, 0.25) is 5.91 Å². The van der Waals surface area contributed by atoms with Crippen molar-refractivity contribution in [2.45, 2.75) is 38.6 Å². The summed E-state index contributed by atoms with van der Waals surface area (Å²) in [5, 5.41) is 10.0. The Bertz CT molecular complexity index is 527. The molecule has 4 nitrogen and oxygen atoms in total. The molecule has 1 aromatic carbocycles. The molecule has 0 bridgehead atoms. The van der Waals surface area contributed by atoms with Crippen LogP contribution < -0.4 is 0 Å². The van der Waals surface area contributed by atoms with E-state index in [1.807, 2.05) is 26.0 Å². The fourth-order valence-corrected chi connectivity index (χ4v) is 2.92. The Kier molecular flexibility index (Phi) is 4.88. The number of carbonyl (C=O) groups is 2. The lowest BCUT2D eigenvalue weighted by atomic mass is 9.98. The maximum atomic E-state index is 12.2. The van der Waals surface area contributed by atoms with Gasteiger partial charge in [0, 0.05) is 23.9 Å². The average molecular weight is 310 g/mol. The van der Waals surface area contributed by atoms with E-state index in [0.717, 1.165) is 5.56 Å². The second-order valence-corrected chi connectivity index (χ2v) is 6.42. The van der Waals surface area contributed by atoms with E-state index in [0.29, 0.717) is 24.4 Å². The molecule has 21 heavy (non-hydrogen) atoms. The van der Waals surface area contributed by atoms with E-state index < -0.39 is 12.0 Å². The van der Waals surface area contributed by atoms with Crippen LogP contribution in [0.3, 0.4) is 0 Å². The van der Waals surface area contributed by atoms with Crippen LogP contribution in [-0.4, -0.2) is 34.5 Å². The van der Waals surface area contributed by atoms with Crippen LogP contribution in [0.15, 0.2) is 24.3 Å². The van der Waals surface area contributed by atoms with Gasteiger partial charge in [-0.05, 0) is 30.0 Å². The number of nitrogens with zero attached hydrogens (tertiary/aromatic N) is 1. The average Bonchev–Trinajstić information content (AvgIpc) is 2.78. The monoisotopic (exact) mass is 309 g/mol. The van der Waals surface area contributed by atoms with Crippen molar-refractivity contribution in [1.29, 1.82) is 0 Å². The number of carbonyl (C=O) groups excluding carboxylic acids is 1. The van der Waals surface area contributed by atoms with E-state index in [1.165, 1.54) is 4.90 Å². The van der Waals surface area contributed by atoms with Crippen LogP contribution in [0, 0.1) is 5.92 Å². The number of amides is 1. The van der Waals surface area contributed by atoms with Gasteiger partial charge in [0.15, 0.2) is 0 Å². The molecule has 1 aromatic rings. The molecule has 5 heteroatoms.